The molecule has 0 unspecified atom stereocenters. The molecule has 3 aliphatic rings. The van der Waals surface area contributed by atoms with Crippen LogP contribution in [0.1, 0.15) is 48.8 Å². The van der Waals surface area contributed by atoms with Gasteiger partial charge in [0.15, 0.2) is 0 Å². The molecule has 0 aromatic heterocycles. The summed E-state index contributed by atoms with van der Waals surface area (Å²) in [4.78, 5) is 15.4. The molecule has 1 aliphatic heterocycles. The Balaban J connectivity index is 1.33. The van der Waals surface area contributed by atoms with Crippen LogP contribution in [0.5, 0.6) is 0 Å². The van der Waals surface area contributed by atoms with E-state index in [-0.39, 0.29) is 5.41 Å². The van der Waals surface area contributed by atoms with Crippen LogP contribution in [0.2, 0.25) is 5.02 Å². The molecule has 0 atom stereocenters. The molecule has 1 spiro atoms. The minimum absolute atomic E-state index is 0.275. The third-order valence-corrected chi connectivity index (χ3v) is 7.28. The van der Waals surface area contributed by atoms with Crippen LogP contribution in [0.3, 0.4) is 0 Å². The van der Waals surface area contributed by atoms with Crippen LogP contribution in [0.4, 0.5) is 0 Å². The highest BCUT2D eigenvalue weighted by Crippen LogP contribution is 2.51. The Bertz CT molecular complexity index is 845. The molecule has 2 aromatic carbocycles. The molecule has 2 fully saturated rings. The number of rotatable bonds is 2. The van der Waals surface area contributed by atoms with Crippen molar-refractivity contribution in [3.05, 3.63) is 70.2 Å². The molecule has 1 heterocycles. The van der Waals surface area contributed by atoms with Crippen LogP contribution in [0, 0.1) is 0 Å². The van der Waals surface area contributed by atoms with Gasteiger partial charge in [0.25, 0.3) is 0 Å². The lowest BCUT2D eigenvalue weighted by Gasteiger charge is -2.41. The van der Waals surface area contributed by atoms with E-state index in [0.717, 1.165) is 49.4 Å². The van der Waals surface area contributed by atoms with E-state index in [9.17, 15) is 4.79 Å². The van der Waals surface area contributed by atoms with Crippen molar-refractivity contribution < 1.29 is 4.79 Å². The standard InChI is InChI=1S/C23H24ClNO/c24-19-7-5-18(6-8-19)23(11-12-23)21(26)25-15-13-22(14-16-25)10-9-17-3-1-2-4-20(17)22/h1-8H,9-16H2. The number of carbonyl (C=O) groups is 1. The van der Waals surface area contributed by atoms with Gasteiger partial charge < -0.3 is 4.90 Å². The van der Waals surface area contributed by atoms with Gasteiger partial charge in [0.2, 0.25) is 5.91 Å². The van der Waals surface area contributed by atoms with E-state index in [1.165, 1.54) is 18.4 Å². The average molecular weight is 366 g/mol. The van der Waals surface area contributed by atoms with E-state index in [2.05, 4.69) is 29.2 Å². The van der Waals surface area contributed by atoms with Crippen molar-refractivity contribution in [3.8, 4) is 0 Å². The van der Waals surface area contributed by atoms with Crippen LogP contribution >= 0.6 is 11.6 Å². The molecule has 1 amide bonds. The van der Waals surface area contributed by atoms with Crippen LogP contribution in [0.15, 0.2) is 48.5 Å². The predicted octanol–water partition coefficient (Wildman–Crippen LogP) is 4.88. The van der Waals surface area contributed by atoms with Crippen LogP contribution in [-0.2, 0) is 22.0 Å². The lowest BCUT2D eigenvalue weighted by molar-refractivity contribution is -0.135. The number of amides is 1. The van der Waals surface area contributed by atoms with Crippen molar-refractivity contribution in [2.45, 2.75) is 49.4 Å². The number of benzene rings is 2. The number of hydrogen-bond donors (Lipinski definition) is 0. The first-order valence-corrected chi connectivity index (χ1v) is 10.1. The number of halogens is 1. The number of hydrogen-bond acceptors (Lipinski definition) is 1. The Morgan fingerprint density at radius 2 is 1.58 bits per heavy atom. The van der Waals surface area contributed by atoms with Crippen LogP contribution < -0.4 is 0 Å². The van der Waals surface area contributed by atoms with Crippen molar-refractivity contribution in [1.82, 2.24) is 4.90 Å². The summed E-state index contributed by atoms with van der Waals surface area (Å²) >= 11 is 6.03. The molecule has 0 bridgehead atoms. The molecule has 1 saturated heterocycles. The summed E-state index contributed by atoms with van der Waals surface area (Å²) in [5.41, 5.74) is 4.24. The Morgan fingerprint density at radius 3 is 2.27 bits per heavy atom. The molecule has 26 heavy (non-hydrogen) atoms. The van der Waals surface area contributed by atoms with Crippen molar-refractivity contribution in [2.24, 2.45) is 0 Å². The highest BCUT2D eigenvalue weighted by atomic mass is 35.5. The van der Waals surface area contributed by atoms with Gasteiger partial charge in [0, 0.05) is 18.1 Å². The number of nitrogens with zero attached hydrogens (tertiary/aromatic N) is 1. The van der Waals surface area contributed by atoms with E-state index in [1.54, 1.807) is 5.56 Å². The summed E-state index contributed by atoms with van der Waals surface area (Å²) in [5, 5.41) is 0.733. The van der Waals surface area contributed by atoms with Gasteiger partial charge in [-0.05, 0) is 72.8 Å². The maximum atomic E-state index is 13.3. The van der Waals surface area contributed by atoms with Crippen molar-refractivity contribution >= 4 is 17.5 Å². The third-order valence-electron chi connectivity index (χ3n) is 7.03. The quantitative estimate of drug-likeness (QED) is 0.742. The Hall–Kier alpha value is -1.80. The zero-order valence-electron chi connectivity index (χ0n) is 15.0. The summed E-state index contributed by atoms with van der Waals surface area (Å²) in [6, 6.07) is 16.8. The lowest BCUT2D eigenvalue weighted by atomic mass is 9.73. The van der Waals surface area contributed by atoms with Crippen LogP contribution in [-0.4, -0.2) is 23.9 Å². The summed E-state index contributed by atoms with van der Waals surface area (Å²) in [6.45, 7) is 1.78. The second-order valence-corrected chi connectivity index (χ2v) is 8.76. The minimum Gasteiger partial charge on any atom is -0.342 e. The van der Waals surface area contributed by atoms with Crippen molar-refractivity contribution in [1.29, 1.82) is 0 Å². The topological polar surface area (TPSA) is 20.3 Å². The highest BCUT2D eigenvalue weighted by molar-refractivity contribution is 6.30. The van der Waals surface area contributed by atoms with Crippen LogP contribution in [0.25, 0.3) is 0 Å². The number of aryl methyl sites for hydroxylation is 1. The third kappa shape index (κ3) is 2.42. The molecule has 134 valence electrons. The fourth-order valence-corrected chi connectivity index (χ4v) is 5.37. The van der Waals surface area contributed by atoms with Gasteiger partial charge in [-0.3, -0.25) is 4.79 Å². The smallest absolute Gasteiger partial charge is 0.233 e. The largest absolute Gasteiger partial charge is 0.342 e. The molecular weight excluding hydrogens is 342 g/mol. The normalized spacial score (nSPS) is 22.3. The predicted molar refractivity (Wildman–Crippen MR) is 105 cm³/mol. The first-order chi connectivity index (χ1) is 12.6. The highest BCUT2D eigenvalue weighted by Gasteiger charge is 2.54. The number of piperidine rings is 1. The first-order valence-electron chi connectivity index (χ1n) is 9.77. The summed E-state index contributed by atoms with van der Waals surface area (Å²) in [5.74, 6) is 0.334. The SMILES string of the molecule is O=C(N1CCC2(CCc3ccccc32)CC1)C1(c2ccc(Cl)cc2)CC1. The maximum absolute atomic E-state index is 13.3. The molecule has 1 saturated carbocycles. The van der Waals surface area contributed by atoms with E-state index < -0.39 is 0 Å². The molecule has 0 N–H and O–H groups in total. The monoisotopic (exact) mass is 365 g/mol. The van der Waals surface area contributed by atoms with Gasteiger partial charge >= 0.3 is 0 Å². The zero-order valence-corrected chi connectivity index (χ0v) is 15.8. The van der Waals surface area contributed by atoms with E-state index in [4.69, 9.17) is 11.6 Å². The molecular formula is C23H24ClNO. The summed E-state index contributed by atoms with van der Waals surface area (Å²) in [7, 11) is 0. The number of carbonyl (C=O) groups excluding carboxylic acids is 1. The Labute approximate surface area is 160 Å². The molecule has 0 radical (unpaired) electrons. The Morgan fingerprint density at radius 1 is 0.885 bits per heavy atom. The van der Waals surface area contributed by atoms with Gasteiger partial charge in [0.1, 0.15) is 0 Å². The minimum atomic E-state index is -0.275. The van der Waals surface area contributed by atoms with E-state index in [1.807, 2.05) is 24.3 Å². The first kappa shape index (κ1) is 16.4. The van der Waals surface area contributed by atoms with Gasteiger partial charge in [-0.2, -0.15) is 0 Å². The average Bonchev–Trinajstić information content (AvgIpc) is 3.42. The maximum Gasteiger partial charge on any atom is 0.233 e. The fourth-order valence-electron chi connectivity index (χ4n) is 5.24. The summed E-state index contributed by atoms with van der Waals surface area (Å²) in [6.07, 6.45) is 6.59. The molecule has 2 aliphatic carbocycles. The Kier molecular flexibility index (Phi) is 3.69. The molecule has 2 aromatic rings. The second kappa shape index (κ2) is 5.85. The van der Waals surface area contributed by atoms with Crippen molar-refractivity contribution in [3.63, 3.8) is 0 Å². The van der Waals surface area contributed by atoms with Crippen molar-refractivity contribution in [2.75, 3.05) is 13.1 Å². The van der Waals surface area contributed by atoms with E-state index in [0.29, 0.717) is 11.3 Å². The molecule has 3 heteroatoms. The zero-order chi connectivity index (χ0) is 17.8. The summed E-state index contributed by atoms with van der Waals surface area (Å²) < 4.78 is 0. The van der Waals surface area contributed by atoms with Gasteiger partial charge in [-0.25, -0.2) is 0 Å². The number of likely N-dealkylation sites (tertiary alicyclic amines) is 1. The fraction of sp³-hybridized carbons (Fsp3) is 0.435. The van der Waals surface area contributed by atoms with Gasteiger partial charge in [-0.15, -0.1) is 0 Å². The lowest BCUT2D eigenvalue weighted by Crippen LogP contribution is -2.47. The molecule has 5 rings (SSSR count). The second-order valence-electron chi connectivity index (χ2n) is 8.32. The van der Waals surface area contributed by atoms with E-state index >= 15 is 0 Å². The van der Waals surface area contributed by atoms with Gasteiger partial charge in [-0.1, -0.05) is 48.0 Å². The van der Waals surface area contributed by atoms with Gasteiger partial charge in [0.05, 0.1) is 5.41 Å². The molecule has 2 nitrogen and oxygen atoms in total. The number of fused-ring (bicyclic) bond motifs is 2.